The van der Waals surface area contributed by atoms with Gasteiger partial charge in [-0.15, -0.1) is 11.6 Å². The second-order valence-electron chi connectivity index (χ2n) is 3.46. The fourth-order valence-electron chi connectivity index (χ4n) is 1.67. The Balaban J connectivity index is 2.62. The van der Waals surface area contributed by atoms with E-state index in [0.717, 1.165) is 0 Å². The average Bonchev–Trinajstić information content (AvgIpc) is 2.23. The molecular weight excluding hydrogens is 200 g/mol. The van der Waals surface area contributed by atoms with Crippen molar-refractivity contribution in [2.45, 2.75) is 12.3 Å². The molecule has 3 heteroatoms. The Morgan fingerprint density at radius 2 is 1.57 bits per heavy atom. The Hall–Kier alpha value is -1.15. The summed E-state index contributed by atoms with van der Waals surface area (Å²) in [5, 5.41) is -0.711. The molecule has 2 unspecified atom stereocenters. The van der Waals surface area contributed by atoms with E-state index in [1.807, 2.05) is 0 Å². The highest BCUT2D eigenvalue weighted by atomic mass is 35.5. The van der Waals surface area contributed by atoms with Crippen LogP contribution in [0.25, 0.3) is 0 Å². The van der Waals surface area contributed by atoms with Crippen LogP contribution >= 0.6 is 11.6 Å². The monoisotopic (exact) mass is 208 g/mol. The van der Waals surface area contributed by atoms with Crippen molar-refractivity contribution in [3.63, 3.8) is 0 Å². The average molecular weight is 209 g/mol. The molecule has 72 valence electrons. The van der Waals surface area contributed by atoms with Crippen molar-refractivity contribution in [1.82, 2.24) is 0 Å². The van der Waals surface area contributed by atoms with E-state index in [1.165, 1.54) is 0 Å². The highest BCUT2D eigenvalue weighted by Crippen LogP contribution is 2.28. The van der Waals surface area contributed by atoms with Crippen molar-refractivity contribution in [3.8, 4) is 0 Å². The molecule has 0 saturated heterocycles. The molecule has 2 atom stereocenters. The maximum atomic E-state index is 11.7. The number of fused-ring (bicyclic) bond motifs is 1. The predicted molar refractivity (Wildman–Crippen MR) is 53.9 cm³/mol. The molecule has 1 aliphatic rings. The zero-order valence-corrected chi connectivity index (χ0v) is 8.41. The summed E-state index contributed by atoms with van der Waals surface area (Å²) in [7, 11) is 0. The molecule has 1 aromatic rings. The van der Waals surface area contributed by atoms with Gasteiger partial charge in [0.05, 0.1) is 0 Å². The highest BCUT2D eigenvalue weighted by Gasteiger charge is 2.37. The summed E-state index contributed by atoms with van der Waals surface area (Å²) in [4.78, 5) is 23.4. The number of rotatable bonds is 0. The minimum absolute atomic E-state index is 0.0415. The summed E-state index contributed by atoms with van der Waals surface area (Å²) < 4.78 is 0. The van der Waals surface area contributed by atoms with E-state index in [0.29, 0.717) is 11.1 Å². The zero-order chi connectivity index (χ0) is 10.3. The molecule has 2 nitrogen and oxygen atoms in total. The van der Waals surface area contributed by atoms with Gasteiger partial charge in [0.2, 0.25) is 0 Å². The second kappa shape index (κ2) is 3.21. The summed E-state index contributed by atoms with van der Waals surface area (Å²) in [6, 6.07) is 6.82. The number of halogens is 1. The zero-order valence-electron chi connectivity index (χ0n) is 7.66. The van der Waals surface area contributed by atoms with Gasteiger partial charge in [0, 0.05) is 17.0 Å². The molecule has 0 N–H and O–H groups in total. The maximum Gasteiger partial charge on any atom is 0.182 e. The third kappa shape index (κ3) is 1.18. The van der Waals surface area contributed by atoms with Crippen LogP contribution in [0.2, 0.25) is 0 Å². The van der Waals surface area contributed by atoms with Gasteiger partial charge >= 0.3 is 0 Å². The van der Waals surface area contributed by atoms with Gasteiger partial charge < -0.3 is 0 Å². The van der Waals surface area contributed by atoms with E-state index in [-0.39, 0.29) is 11.6 Å². The smallest absolute Gasteiger partial charge is 0.182 e. The quantitative estimate of drug-likeness (QED) is 0.614. The van der Waals surface area contributed by atoms with Crippen LogP contribution in [0.15, 0.2) is 24.3 Å². The van der Waals surface area contributed by atoms with Crippen molar-refractivity contribution in [3.05, 3.63) is 35.4 Å². The Labute approximate surface area is 86.9 Å². The highest BCUT2D eigenvalue weighted by molar-refractivity contribution is 6.38. The third-order valence-corrected chi connectivity index (χ3v) is 3.14. The Bertz CT molecular complexity index is 373. The maximum absolute atomic E-state index is 11.7. The van der Waals surface area contributed by atoms with Crippen LogP contribution in [0.4, 0.5) is 0 Å². The van der Waals surface area contributed by atoms with Crippen LogP contribution in [-0.2, 0) is 0 Å². The van der Waals surface area contributed by atoms with Crippen LogP contribution in [0.1, 0.15) is 27.6 Å². The van der Waals surface area contributed by atoms with Crippen molar-refractivity contribution in [1.29, 1.82) is 0 Å². The lowest BCUT2D eigenvalue weighted by Gasteiger charge is -2.23. The van der Waals surface area contributed by atoms with E-state index >= 15 is 0 Å². The standard InChI is InChI=1S/C11H9ClO2/c1-6-9(12)11(14)8-5-3-2-4-7(8)10(6)13/h2-6,9H,1H3. The van der Waals surface area contributed by atoms with Crippen LogP contribution in [-0.4, -0.2) is 16.9 Å². The molecule has 0 amide bonds. The lowest BCUT2D eigenvalue weighted by atomic mass is 9.82. The minimum Gasteiger partial charge on any atom is -0.294 e. The topological polar surface area (TPSA) is 34.1 Å². The van der Waals surface area contributed by atoms with Crippen LogP contribution in [0, 0.1) is 5.92 Å². The number of alkyl halides is 1. The van der Waals surface area contributed by atoms with E-state index in [1.54, 1.807) is 31.2 Å². The second-order valence-corrected chi connectivity index (χ2v) is 3.93. The summed E-state index contributed by atoms with van der Waals surface area (Å²) in [6.07, 6.45) is 0. The largest absolute Gasteiger partial charge is 0.294 e. The van der Waals surface area contributed by atoms with E-state index in [9.17, 15) is 9.59 Å². The summed E-state index contributed by atoms with van der Waals surface area (Å²) >= 11 is 5.87. The molecule has 2 rings (SSSR count). The minimum atomic E-state index is -0.711. The number of Topliss-reactive ketones (excluding diaryl/α,β-unsaturated/α-hetero) is 2. The van der Waals surface area contributed by atoms with Gasteiger partial charge in [0.1, 0.15) is 5.38 Å². The molecule has 0 aromatic heterocycles. The van der Waals surface area contributed by atoms with E-state index in [2.05, 4.69) is 0 Å². The summed E-state index contributed by atoms with van der Waals surface area (Å²) in [6.45, 7) is 1.69. The normalized spacial score (nSPS) is 26.1. The number of ketones is 2. The Morgan fingerprint density at radius 3 is 2.14 bits per heavy atom. The molecule has 0 radical (unpaired) electrons. The van der Waals surface area contributed by atoms with Gasteiger partial charge in [-0.2, -0.15) is 0 Å². The molecule has 0 bridgehead atoms. The van der Waals surface area contributed by atoms with Gasteiger partial charge in [-0.1, -0.05) is 31.2 Å². The van der Waals surface area contributed by atoms with Gasteiger partial charge in [-0.05, 0) is 0 Å². The third-order valence-electron chi connectivity index (χ3n) is 2.56. The SMILES string of the molecule is CC1C(=O)c2ccccc2C(=O)C1Cl. The van der Waals surface area contributed by atoms with Gasteiger partial charge in [0.15, 0.2) is 11.6 Å². The van der Waals surface area contributed by atoms with Gasteiger partial charge in [0.25, 0.3) is 0 Å². The van der Waals surface area contributed by atoms with Crippen LogP contribution in [0.3, 0.4) is 0 Å². The first-order chi connectivity index (χ1) is 6.63. The van der Waals surface area contributed by atoms with Crippen molar-refractivity contribution in [2.75, 3.05) is 0 Å². The fraction of sp³-hybridized carbons (Fsp3) is 0.273. The number of benzene rings is 1. The van der Waals surface area contributed by atoms with Gasteiger partial charge in [-0.3, -0.25) is 9.59 Å². The van der Waals surface area contributed by atoms with E-state index in [4.69, 9.17) is 11.6 Å². The van der Waals surface area contributed by atoms with Crippen LogP contribution < -0.4 is 0 Å². The molecule has 0 aliphatic heterocycles. The first-order valence-electron chi connectivity index (χ1n) is 4.44. The first-order valence-corrected chi connectivity index (χ1v) is 4.88. The molecule has 0 spiro atoms. The van der Waals surface area contributed by atoms with Gasteiger partial charge in [-0.25, -0.2) is 0 Å². The van der Waals surface area contributed by atoms with Crippen molar-refractivity contribution < 1.29 is 9.59 Å². The number of carbonyl (C=O) groups excluding carboxylic acids is 2. The number of hydrogen-bond acceptors (Lipinski definition) is 2. The molecular formula is C11H9ClO2. The molecule has 1 aliphatic carbocycles. The molecule has 0 fully saturated rings. The molecule has 1 aromatic carbocycles. The molecule has 0 saturated carbocycles. The Morgan fingerprint density at radius 1 is 1.07 bits per heavy atom. The predicted octanol–water partition coefficient (Wildman–Crippen LogP) is 2.31. The lowest BCUT2D eigenvalue weighted by molar-refractivity contribution is 0.0840. The lowest BCUT2D eigenvalue weighted by Crippen LogP contribution is -2.35. The van der Waals surface area contributed by atoms with Crippen molar-refractivity contribution >= 4 is 23.2 Å². The Kier molecular flexibility index (Phi) is 2.16. The number of hydrogen-bond donors (Lipinski definition) is 0. The first kappa shape index (κ1) is 9.41. The summed E-state index contributed by atoms with van der Waals surface area (Å²) in [5.41, 5.74) is 0.956. The van der Waals surface area contributed by atoms with E-state index < -0.39 is 11.3 Å². The molecule has 14 heavy (non-hydrogen) atoms. The fourth-order valence-corrected chi connectivity index (χ4v) is 1.90. The number of carbonyl (C=O) groups is 2. The summed E-state index contributed by atoms with van der Waals surface area (Å²) in [5.74, 6) is -0.603. The van der Waals surface area contributed by atoms with Crippen molar-refractivity contribution in [2.24, 2.45) is 5.92 Å². The van der Waals surface area contributed by atoms with Crippen LogP contribution in [0.5, 0.6) is 0 Å². The molecule has 0 heterocycles.